The molecule has 1 aliphatic carbocycles. The van der Waals surface area contributed by atoms with Crippen LogP contribution in [0.15, 0.2) is 30.5 Å². The van der Waals surface area contributed by atoms with Gasteiger partial charge in [0.15, 0.2) is 0 Å². The van der Waals surface area contributed by atoms with Crippen molar-refractivity contribution in [2.75, 3.05) is 11.1 Å². The number of benzene rings is 1. The molecule has 1 atom stereocenters. The minimum Gasteiger partial charge on any atom is -0.396 e. The molecule has 3 nitrogen and oxygen atoms in total. The number of aromatic nitrogens is 1. The highest BCUT2D eigenvalue weighted by Gasteiger charge is 2.24. The first-order valence-electron chi connectivity index (χ1n) is 6.65. The van der Waals surface area contributed by atoms with Crippen LogP contribution < -0.4 is 11.1 Å². The molecule has 1 heterocycles. The second kappa shape index (κ2) is 4.48. The third-order valence-electron chi connectivity index (χ3n) is 4.03. The van der Waals surface area contributed by atoms with Crippen LogP contribution in [0.5, 0.6) is 0 Å². The Labute approximate surface area is 107 Å². The highest BCUT2D eigenvalue weighted by Crippen LogP contribution is 2.34. The molecule has 0 radical (unpaired) electrons. The molecule has 0 aliphatic heterocycles. The van der Waals surface area contributed by atoms with Crippen LogP contribution in [-0.2, 0) is 0 Å². The third kappa shape index (κ3) is 1.90. The summed E-state index contributed by atoms with van der Waals surface area (Å²) >= 11 is 0. The van der Waals surface area contributed by atoms with Gasteiger partial charge in [-0.2, -0.15) is 0 Å². The van der Waals surface area contributed by atoms with E-state index in [1.807, 2.05) is 18.2 Å². The van der Waals surface area contributed by atoms with Crippen molar-refractivity contribution in [2.24, 2.45) is 5.92 Å². The van der Waals surface area contributed by atoms with Crippen LogP contribution in [0.2, 0.25) is 0 Å². The van der Waals surface area contributed by atoms with E-state index in [1.165, 1.54) is 19.3 Å². The first kappa shape index (κ1) is 11.3. The first-order chi connectivity index (χ1) is 8.75. The molecule has 1 aliphatic rings. The van der Waals surface area contributed by atoms with Crippen LogP contribution in [-0.4, -0.2) is 11.0 Å². The molecule has 3 N–H and O–H groups in total. The normalized spacial score (nSPS) is 17.4. The molecule has 0 spiro atoms. The Balaban J connectivity index is 1.96. The summed E-state index contributed by atoms with van der Waals surface area (Å²) in [4.78, 5) is 4.36. The van der Waals surface area contributed by atoms with Gasteiger partial charge in [-0.3, -0.25) is 4.98 Å². The number of nitrogen functional groups attached to an aromatic ring is 1. The van der Waals surface area contributed by atoms with E-state index in [9.17, 15) is 0 Å². The third-order valence-corrected chi connectivity index (χ3v) is 4.03. The number of hydrogen-bond acceptors (Lipinski definition) is 3. The van der Waals surface area contributed by atoms with Gasteiger partial charge in [0.2, 0.25) is 0 Å². The van der Waals surface area contributed by atoms with E-state index in [2.05, 4.69) is 23.3 Å². The Bertz CT molecular complexity index is 561. The van der Waals surface area contributed by atoms with Crippen molar-refractivity contribution in [1.29, 1.82) is 0 Å². The van der Waals surface area contributed by atoms with E-state index in [4.69, 9.17) is 5.73 Å². The molecule has 3 heteroatoms. The van der Waals surface area contributed by atoms with Crippen LogP contribution in [0.4, 0.5) is 11.4 Å². The molecular weight excluding hydrogens is 222 g/mol. The number of para-hydroxylation sites is 1. The van der Waals surface area contributed by atoms with Gasteiger partial charge in [0.1, 0.15) is 0 Å². The van der Waals surface area contributed by atoms with Crippen molar-refractivity contribution in [3.63, 3.8) is 0 Å². The Morgan fingerprint density at radius 1 is 1.33 bits per heavy atom. The lowest BCUT2D eigenvalue weighted by atomic mass is 9.80. The van der Waals surface area contributed by atoms with Crippen LogP contribution in [0, 0.1) is 5.92 Å². The summed E-state index contributed by atoms with van der Waals surface area (Å²) in [7, 11) is 0. The SMILES string of the molecule is CC(Nc1c(N)cnc2ccccc12)C1CCC1. The largest absolute Gasteiger partial charge is 0.396 e. The summed E-state index contributed by atoms with van der Waals surface area (Å²) in [5.74, 6) is 0.788. The van der Waals surface area contributed by atoms with Gasteiger partial charge in [0.05, 0.1) is 23.1 Å². The predicted molar refractivity (Wildman–Crippen MR) is 76.6 cm³/mol. The predicted octanol–water partition coefficient (Wildman–Crippen LogP) is 3.42. The maximum atomic E-state index is 6.07. The maximum absolute atomic E-state index is 6.07. The molecule has 3 rings (SSSR count). The van der Waals surface area contributed by atoms with Gasteiger partial charge in [0.25, 0.3) is 0 Å². The number of nitrogens with zero attached hydrogens (tertiary/aromatic N) is 1. The molecule has 94 valence electrons. The molecular formula is C15H19N3. The molecule has 2 aromatic rings. The van der Waals surface area contributed by atoms with Crippen molar-refractivity contribution in [3.8, 4) is 0 Å². The minimum atomic E-state index is 0.479. The van der Waals surface area contributed by atoms with Gasteiger partial charge >= 0.3 is 0 Å². The van der Waals surface area contributed by atoms with Crippen molar-refractivity contribution < 1.29 is 0 Å². The molecule has 1 saturated carbocycles. The van der Waals surface area contributed by atoms with Crippen LogP contribution in [0.1, 0.15) is 26.2 Å². The van der Waals surface area contributed by atoms with Gasteiger partial charge < -0.3 is 11.1 Å². The first-order valence-corrected chi connectivity index (χ1v) is 6.65. The van der Waals surface area contributed by atoms with Crippen LogP contribution in [0.3, 0.4) is 0 Å². The second-order valence-corrected chi connectivity index (χ2v) is 5.23. The van der Waals surface area contributed by atoms with E-state index in [0.29, 0.717) is 6.04 Å². The zero-order valence-electron chi connectivity index (χ0n) is 10.7. The van der Waals surface area contributed by atoms with Gasteiger partial charge in [-0.15, -0.1) is 0 Å². The molecule has 1 unspecified atom stereocenters. The fourth-order valence-corrected chi connectivity index (χ4v) is 2.60. The minimum absolute atomic E-state index is 0.479. The lowest BCUT2D eigenvalue weighted by Crippen LogP contribution is -2.31. The average molecular weight is 241 g/mol. The molecule has 0 saturated heterocycles. The quantitative estimate of drug-likeness (QED) is 0.865. The van der Waals surface area contributed by atoms with E-state index >= 15 is 0 Å². The summed E-state index contributed by atoms with van der Waals surface area (Å²) in [6.07, 6.45) is 5.77. The topological polar surface area (TPSA) is 50.9 Å². The van der Waals surface area contributed by atoms with E-state index in [0.717, 1.165) is 28.2 Å². The lowest BCUT2D eigenvalue weighted by molar-refractivity contribution is 0.285. The lowest BCUT2D eigenvalue weighted by Gasteiger charge is -2.33. The fourth-order valence-electron chi connectivity index (χ4n) is 2.60. The van der Waals surface area contributed by atoms with Gasteiger partial charge in [-0.1, -0.05) is 24.6 Å². The molecule has 0 amide bonds. The maximum Gasteiger partial charge on any atom is 0.0743 e. The van der Waals surface area contributed by atoms with Crippen molar-refractivity contribution in [3.05, 3.63) is 30.5 Å². The van der Waals surface area contributed by atoms with Crippen LogP contribution >= 0.6 is 0 Å². The van der Waals surface area contributed by atoms with Crippen LogP contribution in [0.25, 0.3) is 10.9 Å². The molecule has 18 heavy (non-hydrogen) atoms. The summed E-state index contributed by atoms with van der Waals surface area (Å²) in [5, 5.41) is 4.70. The summed E-state index contributed by atoms with van der Waals surface area (Å²) in [5.41, 5.74) is 8.84. The Kier molecular flexibility index (Phi) is 2.82. The smallest absolute Gasteiger partial charge is 0.0743 e. The fraction of sp³-hybridized carbons (Fsp3) is 0.400. The van der Waals surface area contributed by atoms with Gasteiger partial charge in [-0.25, -0.2) is 0 Å². The van der Waals surface area contributed by atoms with Crippen molar-refractivity contribution in [1.82, 2.24) is 4.98 Å². The van der Waals surface area contributed by atoms with E-state index in [-0.39, 0.29) is 0 Å². The Morgan fingerprint density at radius 3 is 2.83 bits per heavy atom. The monoisotopic (exact) mass is 241 g/mol. The van der Waals surface area contributed by atoms with E-state index in [1.54, 1.807) is 6.20 Å². The molecule has 1 aromatic heterocycles. The molecule has 0 bridgehead atoms. The summed E-state index contributed by atoms with van der Waals surface area (Å²) in [6.45, 7) is 2.25. The number of pyridine rings is 1. The average Bonchev–Trinajstić information content (AvgIpc) is 2.31. The molecule has 1 aromatic carbocycles. The highest BCUT2D eigenvalue weighted by molar-refractivity contribution is 5.96. The number of anilines is 2. The standard InChI is InChI=1S/C15H19N3/c1-10(11-5-4-6-11)18-15-12-7-2-3-8-14(12)17-9-13(15)16/h2-3,7-11H,4-6,16H2,1H3,(H,17,18). The Hall–Kier alpha value is -1.77. The summed E-state index contributed by atoms with van der Waals surface area (Å²) in [6, 6.07) is 8.61. The number of rotatable bonds is 3. The zero-order chi connectivity index (χ0) is 12.5. The van der Waals surface area contributed by atoms with Gasteiger partial charge in [-0.05, 0) is 31.7 Å². The summed E-state index contributed by atoms with van der Waals surface area (Å²) < 4.78 is 0. The number of hydrogen-bond donors (Lipinski definition) is 2. The second-order valence-electron chi connectivity index (χ2n) is 5.23. The highest BCUT2D eigenvalue weighted by atomic mass is 15.0. The Morgan fingerprint density at radius 2 is 2.11 bits per heavy atom. The number of nitrogens with two attached hydrogens (primary N) is 1. The van der Waals surface area contributed by atoms with Crippen molar-refractivity contribution >= 4 is 22.3 Å². The zero-order valence-corrected chi connectivity index (χ0v) is 10.7. The van der Waals surface area contributed by atoms with Gasteiger partial charge in [0, 0.05) is 11.4 Å². The van der Waals surface area contributed by atoms with E-state index < -0.39 is 0 Å². The number of fused-ring (bicyclic) bond motifs is 1. The number of nitrogens with one attached hydrogen (secondary N) is 1. The van der Waals surface area contributed by atoms with Crippen molar-refractivity contribution in [2.45, 2.75) is 32.2 Å². The molecule has 1 fully saturated rings.